The van der Waals surface area contributed by atoms with E-state index in [4.69, 9.17) is 5.11 Å². The lowest BCUT2D eigenvalue weighted by Crippen LogP contribution is -2.38. The third-order valence-corrected chi connectivity index (χ3v) is 2.92. The van der Waals surface area contributed by atoms with Gasteiger partial charge in [0.05, 0.1) is 13.2 Å². The molecule has 0 unspecified atom stereocenters. The Kier molecular flexibility index (Phi) is 6.73. The Balaban J connectivity index is 2.71. The molecule has 0 spiro atoms. The summed E-state index contributed by atoms with van der Waals surface area (Å²) in [6.45, 7) is 2.86. The van der Waals surface area contributed by atoms with Crippen LogP contribution in [0.2, 0.25) is 0 Å². The minimum Gasteiger partial charge on any atom is -0.395 e. The lowest BCUT2D eigenvalue weighted by molar-refractivity contribution is -0.150. The molecule has 5 heteroatoms. The number of halogens is 3. The van der Waals surface area contributed by atoms with Gasteiger partial charge >= 0.3 is 6.18 Å². The molecule has 0 fully saturated rings. The van der Waals surface area contributed by atoms with Crippen LogP contribution in [0.4, 0.5) is 13.2 Å². The molecule has 0 atom stereocenters. The number of hydrogen-bond donors (Lipinski definition) is 1. The van der Waals surface area contributed by atoms with Crippen molar-refractivity contribution in [2.24, 2.45) is 0 Å². The molecule has 0 heterocycles. The summed E-state index contributed by atoms with van der Waals surface area (Å²) in [6.07, 6.45) is -3.78. The minimum atomic E-state index is -4.19. The zero-order valence-electron chi connectivity index (χ0n) is 12.2. The van der Waals surface area contributed by atoms with Crippen LogP contribution in [0.25, 0.3) is 0 Å². The SMILES string of the molecule is CC(C)N(Cc1ccc(C#CCCO)cc1)CC(F)(F)F. The van der Waals surface area contributed by atoms with Crippen molar-refractivity contribution in [3.8, 4) is 11.8 Å². The Hall–Kier alpha value is -1.51. The third kappa shape index (κ3) is 7.16. The highest BCUT2D eigenvalue weighted by Crippen LogP contribution is 2.20. The first-order valence-corrected chi connectivity index (χ1v) is 6.81. The van der Waals surface area contributed by atoms with Gasteiger partial charge in [0.1, 0.15) is 0 Å². The lowest BCUT2D eigenvalue weighted by Gasteiger charge is -2.27. The van der Waals surface area contributed by atoms with Crippen LogP contribution in [0.1, 0.15) is 31.4 Å². The quantitative estimate of drug-likeness (QED) is 0.844. The van der Waals surface area contributed by atoms with E-state index in [1.54, 1.807) is 38.1 Å². The van der Waals surface area contributed by atoms with Crippen LogP contribution < -0.4 is 0 Å². The molecule has 0 aromatic heterocycles. The fraction of sp³-hybridized carbons (Fsp3) is 0.500. The molecule has 0 amide bonds. The van der Waals surface area contributed by atoms with Crippen molar-refractivity contribution in [3.05, 3.63) is 35.4 Å². The van der Waals surface area contributed by atoms with Gasteiger partial charge in [-0.1, -0.05) is 24.0 Å². The lowest BCUT2D eigenvalue weighted by atomic mass is 10.1. The molecule has 1 N–H and O–H groups in total. The zero-order valence-corrected chi connectivity index (χ0v) is 12.2. The topological polar surface area (TPSA) is 23.5 Å². The third-order valence-electron chi connectivity index (χ3n) is 2.92. The Morgan fingerprint density at radius 1 is 1.19 bits per heavy atom. The number of nitrogens with zero attached hydrogens (tertiary/aromatic N) is 1. The van der Waals surface area contributed by atoms with E-state index >= 15 is 0 Å². The summed E-state index contributed by atoms with van der Waals surface area (Å²) in [5.41, 5.74) is 1.61. The van der Waals surface area contributed by atoms with Crippen molar-refractivity contribution in [1.29, 1.82) is 0 Å². The maximum atomic E-state index is 12.5. The van der Waals surface area contributed by atoms with Crippen LogP contribution >= 0.6 is 0 Å². The van der Waals surface area contributed by atoms with Crippen molar-refractivity contribution in [2.75, 3.05) is 13.2 Å². The predicted molar refractivity (Wildman–Crippen MR) is 76.6 cm³/mol. The molecule has 116 valence electrons. The standard InChI is InChI=1S/C16H20F3NO/c1-13(2)20(12-16(17,18)19)11-15-8-6-14(7-9-15)5-3-4-10-21/h6-9,13,21H,4,10-12H2,1-2H3. The summed E-state index contributed by atoms with van der Waals surface area (Å²) in [4.78, 5) is 1.38. The van der Waals surface area contributed by atoms with E-state index in [9.17, 15) is 13.2 Å². The Morgan fingerprint density at radius 3 is 2.29 bits per heavy atom. The maximum absolute atomic E-state index is 12.5. The van der Waals surface area contributed by atoms with Crippen molar-refractivity contribution < 1.29 is 18.3 Å². The number of hydrogen-bond acceptors (Lipinski definition) is 2. The monoisotopic (exact) mass is 299 g/mol. The molecule has 1 aromatic carbocycles. The van der Waals surface area contributed by atoms with E-state index in [0.29, 0.717) is 6.42 Å². The van der Waals surface area contributed by atoms with Crippen molar-refractivity contribution in [3.63, 3.8) is 0 Å². The van der Waals surface area contributed by atoms with Crippen LogP contribution in [0.15, 0.2) is 24.3 Å². The van der Waals surface area contributed by atoms with Crippen molar-refractivity contribution in [1.82, 2.24) is 4.90 Å². The Labute approximate surface area is 123 Å². The number of rotatable bonds is 5. The minimum absolute atomic E-state index is 0.0197. The van der Waals surface area contributed by atoms with Gasteiger partial charge < -0.3 is 5.11 Å². The van der Waals surface area contributed by atoms with Crippen molar-refractivity contribution >= 4 is 0 Å². The van der Waals surface area contributed by atoms with E-state index in [2.05, 4.69) is 11.8 Å². The first-order valence-electron chi connectivity index (χ1n) is 6.81. The van der Waals surface area contributed by atoms with Crippen LogP contribution in [0.3, 0.4) is 0 Å². The van der Waals surface area contributed by atoms with Gasteiger partial charge in [-0.25, -0.2) is 0 Å². The summed E-state index contributed by atoms with van der Waals surface area (Å²) in [6, 6.07) is 6.96. The second-order valence-electron chi connectivity index (χ2n) is 5.09. The van der Waals surface area contributed by atoms with E-state index in [0.717, 1.165) is 11.1 Å². The van der Waals surface area contributed by atoms with E-state index in [1.165, 1.54) is 4.90 Å². The van der Waals surface area contributed by atoms with Crippen LogP contribution in [-0.2, 0) is 6.54 Å². The summed E-state index contributed by atoms with van der Waals surface area (Å²) in [7, 11) is 0. The molecule has 0 bridgehead atoms. The molecular formula is C16H20F3NO. The van der Waals surface area contributed by atoms with Gasteiger partial charge in [-0.3, -0.25) is 4.90 Å². The molecule has 0 aliphatic heterocycles. The number of benzene rings is 1. The highest BCUT2D eigenvalue weighted by Gasteiger charge is 2.31. The predicted octanol–water partition coefficient (Wildman–Crippen LogP) is 3.19. The molecular weight excluding hydrogens is 279 g/mol. The molecule has 1 aromatic rings. The second kappa shape index (κ2) is 8.06. The highest BCUT2D eigenvalue weighted by atomic mass is 19.4. The molecule has 1 rings (SSSR count). The Bertz CT molecular complexity index is 483. The summed E-state index contributed by atoms with van der Waals surface area (Å²) in [5.74, 6) is 5.69. The molecule has 0 aliphatic carbocycles. The summed E-state index contributed by atoms with van der Waals surface area (Å²) in [5, 5.41) is 8.63. The maximum Gasteiger partial charge on any atom is 0.401 e. The van der Waals surface area contributed by atoms with Crippen LogP contribution in [0.5, 0.6) is 0 Å². The van der Waals surface area contributed by atoms with Gasteiger partial charge in [-0.15, -0.1) is 0 Å². The average molecular weight is 299 g/mol. The number of aliphatic hydroxyl groups excluding tert-OH is 1. The molecule has 0 saturated heterocycles. The largest absolute Gasteiger partial charge is 0.401 e. The van der Waals surface area contributed by atoms with Gasteiger partial charge in [0.25, 0.3) is 0 Å². The van der Waals surface area contributed by atoms with Crippen LogP contribution in [-0.4, -0.2) is 35.4 Å². The van der Waals surface area contributed by atoms with Gasteiger partial charge in [-0.05, 0) is 31.5 Å². The second-order valence-corrected chi connectivity index (χ2v) is 5.09. The van der Waals surface area contributed by atoms with E-state index < -0.39 is 12.7 Å². The highest BCUT2D eigenvalue weighted by molar-refractivity contribution is 5.36. The molecule has 0 radical (unpaired) electrons. The van der Waals surface area contributed by atoms with E-state index in [1.807, 2.05) is 0 Å². The fourth-order valence-electron chi connectivity index (χ4n) is 1.80. The summed E-state index contributed by atoms with van der Waals surface area (Å²) < 4.78 is 37.6. The fourth-order valence-corrected chi connectivity index (χ4v) is 1.80. The molecule has 0 saturated carbocycles. The normalized spacial score (nSPS) is 11.6. The number of alkyl halides is 3. The smallest absolute Gasteiger partial charge is 0.395 e. The van der Waals surface area contributed by atoms with E-state index in [-0.39, 0.29) is 19.2 Å². The molecule has 21 heavy (non-hydrogen) atoms. The average Bonchev–Trinajstić information content (AvgIpc) is 2.38. The van der Waals surface area contributed by atoms with Gasteiger partial charge in [0.15, 0.2) is 0 Å². The Morgan fingerprint density at radius 2 is 1.81 bits per heavy atom. The zero-order chi connectivity index (χ0) is 15.9. The molecule has 2 nitrogen and oxygen atoms in total. The van der Waals surface area contributed by atoms with Gasteiger partial charge in [0, 0.05) is 24.6 Å². The first kappa shape index (κ1) is 17.5. The van der Waals surface area contributed by atoms with Gasteiger partial charge in [0.2, 0.25) is 0 Å². The van der Waals surface area contributed by atoms with Gasteiger partial charge in [-0.2, -0.15) is 13.2 Å². The van der Waals surface area contributed by atoms with Crippen molar-refractivity contribution in [2.45, 2.75) is 39.0 Å². The summed E-state index contributed by atoms with van der Waals surface area (Å²) >= 11 is 0. The molecule has 0 aliphatic rings. The van der Waals surface area contributed by atoms with Crippen LogP contribution in [0, 0.1) is 11.8 Å². The first-order chi connectivity index (χ1) is 9.81. The number of aliphatic hydroxyl groups is 1.